The summed E-state index contributed by atoms with van der Waals surface area (Å²) in [7, 11) is 0. The molecule has 2 rings (SSSR count). The Kier molecular flexibility index (Phi) is 4.25. The zero-order valence-electron chi connectivity index (χ0n) is 10.1. The zero-order chi connectivity index (χ0) is 15.6. The summed E-state index contributed by atoms with van der Waals surface area (Å²) >= 11 is 11.7. The standard InChI is InChI=1S/C12H6Cl2N2O5/c13-6-1-2-7(14)10(5-6)21-11-9(16(19)20)4-3-8(15-11)12(17)18/h1-5H,(H,17,18). The highest BCUT2D eigenvalue weighted by molar-refractivity contribution is 6.34. The third kappa shape index (κ3) is 3.39. The number of carboxylic acid groups (broad SMARTS) is 1. The molecule has 0 radical (unpaired) electrons. The molecule has 2 aromatic rings. The second-order valence-electron chi connectivity index (χ2n) is 3.76. The molecular formula is C12H6Cl2N2O5. The molecule has 0 atom stereocenters. The molecule has 1 aromatic carbocycles. The highest BCUT2D eigenvalue weighted by Gasteiger charge is 2.21. The Bertz CT molecular complexity index is 736. The van der Waals surface area contributed by atoms with E-state index >= 15 is 0 Å². The minimum atomic E-state index is -1.34. The smallest absolute Gasteiger partial charge is 0.354 e. The molecule has 9 heteroatoms. The van der Waals surface area contributed by atoms with Crippen LogP contribution in [0.3, 0.4) is 0 Å². The average molecular weight is 329 g/mol. The van der Waals surface area contributed by atoms with Crippen LogP contribution in [0.2, 0.25) is 10.0 Å². The van der Waals surface area contributed by atoms with Crippen molar-refractivity contribution in [1.29, 1.82) is 0 Å². The SMILES string of the molecule is O=C(O)c1ccc([N+](=O)[O-])c(Oc2cc(Cl)ccc2Cl)n1. The topological polar surface area (TPSA) is 103 Å². The van der Waals surface area contributed by atoms with Crippen LogP contribution in [0.1, 0.15) is 10.5 Å². The van der Waals surface area contributed by atoms with Gasteiger partial charge in [-0.1, -0.05) is 23.2 Å². The van der Waals surface area contributed by atoms with E-state index < -0.39 is 28.2 Å². The maximum absolute atomic E-state index is 10.9. The highest BCUT2D eigenvalue weighted by atomic mass is 35.5. The number of carboxylic acids is 1. The molecule has 0 bridgehead atoms. The van der Waals surface area contributed by atoms with Crippen molar-refractivity contribution in [1.82, 2.24) is 4.98 Å². The first-order chi connectivity index (χ1) is 9.88. The molecule has 108 valence electrons. The van der Waals surface area contributed by atoms with Crippen molar-refractivity contribution < 1.29 is 19.6 Å². The van der Waals surface area contributed by atoms with Gasteiger partial charge in [0, 0.05) is 17.2 Å². The van der Waals surface area contributed by atoms with Crippen molar-refractivity contribution in [2.24, 2.45) is 0 Å². The summed E-state index contributed by atoms with van der Waals surface area (Å²) in [5.74, 6) is -1.79. The fourth-order valence-corrected chi connectivity index (χ4v) is 1.74. The van der Waals surface area contributed by atoms with E-state index in [1.807, 2.05) is 0 Å². The number of nitrogens with zero attached hydrogens (tertiary/aromatic N) is 2. The van der Waals surface area contributed by atoms with Gasteiger partial charge in [-0.05, 0) is 18.2 Å². The summed E-state index contributed by atoms with van der Waals surface area (Å²) in [6.07, 6.45) is 0. The molecule has 1 heterocycles. The summed E-state index contributed by atoms with van der Waals surface area (Å²) in [5.41, 5.74) is -0.884. The van der Waals surface area contributed by atoms with Crippen LogP contribution in [-0.4, -0.2) is 21.0 Å². The van der Waals surface area contributed by atoms with E-state index in [-0.39, 0.29) is 10.8 Å². The van der Waals surface area contributed by atoms with Crippen LogP contribution >= 0.6 is 23.2 Å². The number of hydrogen-bond donors (Lipinski definition) is 1. The summed E-state index contributed by atoms with van der Waals surface area (Å²) in [5, 5.41) is 20.2. The number of aromatic nitrogens is 1. The summed E-state index contributed by atoms with van der Waals surface area (Å²) < 4.78 is 5.24. The Labute approximate surface area is 127 Å². The number of pyridine rings is 1. The van der Waals surface area contributed by atoms with E-state index in [1.165, 1.54) is 18.2 Å². The van der Waals surface area contributed by atoms with Gasteiger partial charge in [0.15, 0.2) is 5.69 Å². The van der Waals surface area contributed by atoms with Gasteiger partial charge in [-0.3, -0.25) is 10.1 Å². The lowest BCUT2D eigenvalue weighted by atomic mass is 10.3. The van der Waals surface area contributed by atoms with Gasteiger partial charge in [-0.2, -0.15) is 4.98 Å². The first-order valence-corrected chi connectivity index (χ1v) is 6.15. The van der Waals surface area contributed by atoms with Gasteiger partial charge in [-0.15, -0.1) is 0 Å². The van der Waals surface area contributed by atoms with Gasteiger partial charge in [0.25, 0.3) is 0 Å². The van der Waals surface area contributed by atoms with Gasteiger partial charge in [-0.25, -0.2) is 4.79 Å². The van der Waals surface area contributed by atoms with E-state index in [1.54, 1.807) is 0 Å². The maximum Gasteiger partial charge on any atom is 0.354 e. The number of rotatable bonds is 4. The van der Waals surface area contributed by atoms with E-state index in [4.69, 9.17) is 33.0 Å². The summed E-state index contributed by atoms with van der Waals surface area (Å²) in [4.78, 5) is 24.6. The molecule has 0 amide bonds. The van der Waals surface area contributed by atoms with Crippen molar-refractivity contribution in [3.05, 3.63) is 56.2 Å². The molecule has 21 heavy (non-hydrogen) atoms. The Hall–Kier alpha value is -2.38. The van der Waals surface area contributed by atoms with Crippen molar-refractivity contribution >= 4 is 34.9 Å². The predicted octanol–water partition coefficient (Wildman–Crippen LogP) is 3.79. The van der Waals surface area contributed by atoms with Crippen LogP contribution in [0.4, 0.5) is 5.69 Å². The van der Waals surface area contributed by atoms with Crippen LogP contribution in [0.5, 0.6) is 11.6 Å². The van der Waals surface area contributed by atoms with Crippen molar-refractivity contribution in [3.8, 4) is 11.6 Å². The van der Waals surface area contributed by atoms with Crippen molar-refractivity contribution in [2.45, 2.75) is 0 Å². The lowest BCUT2D eigenvalue weighted by Crippen LogP contribution is -2.04. The Morgan fingerprint density at radius 2 is 2.00 bits per heavy atom. The fourth-order valence-electron chi connectivity index (χ4n) is 1.43. The lowest BCUT2D eigenvalue weighted by Gasteiger charge is -2.08. The van der Waals surface area contributed by atoms with Crippen LogP contribution in [0.25, 0.3) is 0 Å². The molecule has 1 N–H and O–H groups in total. The van der Waals surface area contributed by atoms with Gasteiger partial charge in [0.2, 0.25) is 0 Å². The van der Waals surface area contributed by atoms with E-state index in [0.717, 1.165) is 12.1 Å². The van der Waals surface area contributed by atoms with Crippen LogP contribution < -0.4 is 4.74 Å². The molecule has 0 spiro atoms. The van der Waals surface area contributed by atoms with Gasteiger partial charge in [0.1, 0.15) is 5.75 Å². The average Bonchev–Trinajstić information content (AvgIpc) is 2.42. The van der Waals surface area contributed by atoms with Crippen LogP contribution in [-0.2, 0) is 0 Å². The van der Waals surface area contributed by atoms with Gasteiger partial charge in [0.05, 0.1) is 9.95 Å². The quantitative estimate of drug-likeness (QED) is 0.676. The molecule has 0 aliphatic heterocycles. The second kappa shape index (κ2) is 5.94. The number of ether oxygens (including phenoxy) is 1. The molecule has 0 aliphatic carbocycles. The lowest BCUT2D eigenvalue weighted by molar-refractivity contribution is -0.386. The Morgan fingerprint density at radius 1 is 1.29 bits per heavy atom. The largest absolute Gasteiger partial charge is 0.477 e. The second-order valence-corrected chi connectivity index (χ2v) is 4.60. The first-order valence-electron chi connectivity index (χ1n) is 5.40. The molecule has 0 saturated heterocycles. The third-order valence-electron chi connectivity index (χ3n) is 2.36. The first kappa shape index (κ1) is 15.0. The number of aromatic carboxylic acids is 1. The summed E-state index contributed by atoms with van der Waals surface area (Å²) in [6, 6.07) is 6.28. The number of hydrogen-bond acceptors (Lipinski definition) is 5. The predicted molar refractivity (Wildman–Crippen MR) is 74.4 cm³/mol. The zero-order valence-corrected chi connectivity index (χ0v) is 11.6. The number of halogens is 2. The Balaban J connectivity index is 2.50. The van der Waals surface area contributed by atoms with Crippen molar-refractivity contribution in [2.75, 3.05) is 0 Å². The van der Waals surface area contributed by atoms with E-state index in [0.29, 0.717) is 5.02 Å². The molecular weight excluding hydrogens is 323 g/mol. The van der Waals surface area contributed by atoms with Crippen molar-refractivity contribution in [3.63, 3.8) is 0 Å². The molecule has 7 nitrogen and oxygen atoms in total. The normalized spacial score (nSPS) is 10.2. The molecule has 0 aliphatic rings. The van der Waals surface area contributed by atoms with E-state index in [2.05, 4.69) is 4.98 Å². The van der Waals surface area contributed by atoms with Crippen LogP contribution in [0.15, 0.2) is 30.3 Å². The highest BCUT2D eigenvalue weighted by Crippen LogP contribution is 2.35. The van der Waals surface area contributed by atoms with Crippen LogP contribution in [0, 0.1) is 10.1 Å². The Morgan fingerprint density at radius 3 is 2.62 bits per heavy atom. The monoisotopic (exact) mass is 328 g/mol. The number of benzene rings is 1. The third-order valence-corrected chi connectivity index (χ3v) is 2.90. The van der Waals surface area contributed by atoms with Gasteiger partial charge >= 0.3 is 17.5 Å². The summed E-state index contributed by atoms with van der Waals surface area (Å²) in [6.45, 7) is 0. The molecule has 0 unspecified atom stereocenters. The van der Waals surface area contributed by atoms with E-state index in [9.17, 15) is 14.9 Å². The minimum Gasteiger partial charge on any atom is -0.477 e. The number of nitro groups is 1. The molecule has 1 aromatic heterocycles. The number of carbonyl (C=O) groups is 1. The molecule has 0 saturated carbocycles. The maximum atomic E-state index is 10.9. The fraction of sp³-hybridized carbons (Fsp3) is 0. The molecule has 0 fully saturated rings. The minimum absolute atomic E-state index is 0.0299. The van der Waals surface area contributed by atoms with Gasteiger partial charge < -0.3 is 9.84 Å².